The van der Waals surface area contributed by atoms with Crippen molar-refractivity contribution in [2.24, 2.45) is 5.92 Å². The van der Waals surface area contributed by atoms with Crippen molar-refractivity contribution in [3.8, 4) is 0 Å². The summed E-state index contributed by atoms with van der Waals surface area (Å²) in [6.45, 7) is -0.653. The fraction of sp³-hybridized carbons (Fsp3) is 0.600. The number of hydrogen-bond acceptors (Lipinski definition) is 3. The van der Waals surface area contributed by atoms with E-state index in [2.05, 4.69) is 0 Å². The third-order valence-electron chi connectivity index (χ3n) is 1.02. The van der Waals surface area contributed by atoms with Gasteiger partial charge in [-0.15, -0.1) is 0 Å². The van der Waals surface area contributed by atoms with Crippen molar-refractivity contribution in [2.45, 2.75) is 0 Å². The fourth-order valence-electron chi connectivity index (χ4n) is 0.413. The predicted octanol–water partition coefficient (Wildman–Crippen LogP) is -0.721. The van der Waals surface area contributed by atoms with E-state index in [1.54, 1.807) is 0 Å². The lowest BCUT2D eigenvalue weighted by Gasteiger charge is -2.03. The maximum Gasteiger partial charge on any atom is 0.348 e. The Balaban J connectivity index is 4.00. The summed E-state index contributed by atoms with van der Waals surface area (Å²) in [5, 5.41) is 16.9. The van der Waals surface area contributed by atoms with Gasteiger partial charge >= 0.3 is 7.60 Å². The fourth-order valence-corrected chi connectivity index (χ4v) is 0.881. The highest BCUT2D eigenvalue weighted by molar-refractivity contribution is 7.55. The summed E-state index contributed by atoms with van der Waals surface area (Å²) in [6.07, 6.45) is 1.10. The molecule has 0 heterocycles. The maximum atomic E-state index is 10.2. The van der Waals surface area contributed by atoms with Crippen molar-refractivity contribution in [3.63, 3.8) is 0 Å². The van der Waals surface area contributed by atoms with Crippen LogP contribution in [0.15, 0.2) is 11.9 Å². The van der Waals surface area contributed by atoms with Crippen LogP contribution in [0.5, 0.6) is 0 Å². The van der Waals surface area contributed by atoms with Gasteiger partial charge in [-0.25, -0.2) is 0 Å². The van der Waals surface area contributed by atoms with Crippen LogP contribution in [0.4, 0.5) is 0 Å². The normalized spacial score (nSPS) is 13.2. The van der Waals surface area contributed by atoms with E-state index in [9.17, 15) is 4.57 Å². The van der Waals surface area contributed by atoms with Gasteiger partial charge in [0.05, 0.1) is 13.2 Å². The van der Waals surface area contributed by atoms with E-state index in [0.717, 1.165) is 6.08 Å². The molecule has 66 valence electrons. The standard InChI is InChI=1S/C5H11O5P/c6-3-5(4-7)1-2-11(8,9)10/h1-2,5-7H,3-4H2,(H2,8,9,10)/b2-1+. The SMILES string of the molecule is O=P(O)(O)/C=C/C(CO)CO. The molecule has 0 spiro atoms. The summed E-state index contributed by atoms with van der Waals surface area (Å²) < 4.78 is 10.2. The summed E-state index contributed by atoms with van der Waals surface area (Å²) in [5.41, 5.74) is 0. The highest BCUT2D eigenvalue weighted by Crippen LogP contribution is 2.36. The second-order valence-corrected chi connectivity index (χ2v) is 3.53. The van der Waals surface area contributed by atoms with Gasteiger partial charge in [0.1, 0.15) is 0 Å². The topological polar surface area (TPSA) is 98.0 Å². The number of hydrogen-bond donors (Lipinski definition) is 4. The third kappa shape index (κ3) is 6.22. The quantitative estimate of drug-likeness (QED) is 0.430. The molecule has 4 N–H and O–H groups in total. The summed E-state index contributed by atoms with van der Waals surface area (Å²) in [7, 11) is -4.15. The molecular weight excluding hydrogens is 171 g/mol. The maximum absolute atomic E-state index is 10.2. The van der Waals surface area contributed by atoms with Crippen LogP contribution in [0.1, 0.15) is 0 Å². The van der Waals surface area contributed by atoms with Crippen LogP contribution in [0.2, 0.25) is 0 Å². The zero-order chi connectivity index (χ0) is 8.91. The molecule has 11 heavy (non-hydrogen) atoms. The lowest BCUT2D eigenvalue weighted by atomic mass is 10.2. The van der Waals surface area contributed by atoms with Crippen molar-refractivity contribution in [1.82, 2.24) is 0 Å². The molecule has 5 nitrogen and oxygen atoms in total. The molecular formula is C5H11O5P. The minimum atomic E-state index is -4.15. The lowest BCUT2D eigenvalue weighted by molar-refractivity contribution is 0.178. The number of aliphatic hydroxyl groups is 2. The Labute approximate surface area is 64.1 Å². The summed E-state index contributed by atoms with van der Waals surface area (Å²) in [4.78, 5) is 16.6. The van der Waals surface area contributed by atoms with E-state index in [1.165, 1.54) is 0 Å². The molecule has 0 aromatic rings. The molecule has 0 fully saturated rings. The molecule has 0 aliphatic carbocycles. The van der Waals surface area contributed by atoms with E-state index >= 15 is 0 Å². The Hall–Kier alpha value is -0.190. The van der Waals surface area contributed by atoms with Crippen molar-refractivity contribution in [2.75, 3.05) is 13.2 Å². The van der Waals surface area contributed by atoms with Crippen molar-refractivity contribution >= 4 is 7.60 Å². The lowest BCUT2D eigenvalue weighted by Crippen LogP contribution is -2.06. The van der Waals surface area contributed by atoms with Crippen molar-refractivity contribution in [1.29, 1.82) is 0 Å². The first-order valence-electron chi connectivity index (χ1n) is 2.96. The Morgan fingerprint density at radius 1 is 1.27 bits per heavy atom. The molecule has 0 aromatic carbocycles. The molecule has 0 aliphatic heterocycles. The molecule has 0 saturated heterocycles. The molecule has 0 bridgehead atoms. The Morgan fingerprint density at radius 3 is 2.00 bits per heavy atom. The van der Waals surface area contributed by atoms with E-state index in [-0.39, 0.29) is 13.2 Å². The Morgan fingerprint density at radius 2 is 1.73 bits per heavy atom. The first-order chi connectivity index (χ1) is 4.99. The van der Waals surface area contributed by atoms with Crippen molar-refractivity contribution < 1.29 is 24.6 Å². The molecule has 0 atom stereocenters. The van der Waals surface area contributed by atoms with Crippen LogP contribution in [-0.4, -0.2) is 33.2 Å². The van der Waals surface area contributed by atoms with Gasteiger partial charge < -0.3 is 20.0 Å². The average Bonchev–Trinajstić information content (AvgIpc) is 1.88. The first-order valence-corrected chi connectivity index (χ1v) is 4.64. The number of aliphatic hydroxyl groups excluding tert-OH is 2. The van der Waals surface area contributed by atoms with Gasteiger partial charge in [-0.1, -0.05) is 6.08 Å². The molecule has 0 aliphatic rings. The van der Waals surface area contributed by atoms with Gasteiger partial charge in [0.2, 0.25) is 0 Å². The van der Waals surface area contributed by atoms with Gasteiger partial charge in [-0.05, 0) is 0 Å². The molecule has 0 saturated carbocycles. The van der Waals surface area contributed by atoms with Crippen LogP contribution in [-0.2, 0) is 4.57 Å². The zero-order valence-electron chi connectivity index (χ0n) is 5.79. The van der Waals surface area contributed by atoms with Gasteiger partial charge in [0.15, 0.2) is 0 Å². The van der Waals surface area contributed by atoms with Gasteiger partial charge in [-0.3, -0.25) is 4.57 Å². The first kappa shape index (κ1) is 10.8. The second kappa shape index (κ2) is 4.64. The summed E-state index contributed by atoms with van der Waals surface area (Å²) >= 11 is 0. The molecule has 0 radical (unpaired) electrons. The van der Waals surface area contributed by atoms with Gasteiger partial charge in [0, 0.05) is 11.7 Å². The molecule has 0 amide bonds. The molecule has 0 rings (SSSR count). The highest BCUT2D eigenvalue weighted by atomic mass is 31.2. The predicted molar refractivity (Wildman–Crippen MR) is 38.8 cm³/mol. The minimum Gasteiger partial charge on any atom is -0.396 e. The van der Waals surface area contributed by atoms with Crippen molar-refractivity contribution in [3.05, 3.63) is 11.9 Å². The van der Waals surface area contributed by atoms with Gasteiger partial charge in [-0.2, -0.15) is 0 Å². The van der Waals surface area contributed by atoms with Crippen LogP contribution in [0.25, 0.3) is 0 Å². The molecule has 6 heteroatoms. The summed E-state index contributed by atoms with van der Waals surface area (Å²) in [6, 6.07) is 0. The molecule has 0 unspecified atom stereocenters. The second-order valence-electron chi connectivity index (χ2n) is 2.06. The Bertz CT molecular complexity index is 168. The average molecular weight is 182 g/mol. The van der Waals surface area contributed by atoms with Crippen LogP contribution < -0.4 is 0 Å². The van der Waals surface area contributed by atoms with E-state index < -0.39 is 13.5 Å². The van der Waals surface area contributed by atoms with Crippen LogP contribution in [0, 0.1) is 5.92 Å². The Kier molecular flexibility index (Phi) is 4.56. The van der Waals surface area contributed by atoms with Crippen LogP contribution in [0.3, 0.4) is 0 Å². The third-order valence-corrected chi connectivity index (χ3v) is 1.58. The zero-order valence-corrected chi connectivity index (χ0v) is 6.69. The smallest absolute Gasteiger partial charge is 0.348 e. The summed E-state index contributed by atoms with van der Waals surface area (Å²) in [5.74, 6) is 0.0759. The van der Waals surface area contributed by atoms with E-state index in [0.29, 0.717) is 5.82 Å². The minimum absolute atomic E-state index is 0.326. The van der Waals surface area contributed by atoms with E-state index in [4.69, 9.17) is 20.0 Å². The monoisotopic (exact) mass is 182 g/mol. The highest BCUT2D eigenvalue weighted by Gasteiger charge is 2.08. The largest absolute Gasteiger partial charge is 0.396 e. The van der Waals surface area contributed by atoms with Crippen LogP contribution >= 0.6 is 7.60 Å². The van der Waals surface area contributed by atoms with Gasteiger partial charge in [0.25, 0.3) is 0 Å². The number of rotatable bonds is 4. The molecule has 0 aromatic heterocycles. The van der Waals surface area contributed by atoms with E-state index in [1.807, 2.05) is 0 Å².